The van der Waals surface area contributed by atoms with Crippen molar-refractivity contribution in [1.82, 2.24) is 0 Å². The summed E-state index contributed by atoms with van der Waals surface area (Å²) >= 11 is 0. The van der Waals surface area contributed by atoms with Crippen molar-refractivity contribution in [3.8, 4) is 0 Å². The molecule has 0 fully saturated rings. The Hall–Kier alpha value is -0.130. The maximum absolute atomic E-state index is 12.4. The van der Waals surface area contributed by atoms with Crippen molar-refractivity contribution >= 4 is 6.88 Å². The molecular formula is C4H6F8P-. The zero-order valence-electron chi connectivity index (χ0n) is 6.47. The van der Waals surface area contributed by atoms with Crippen LogP contribution in [-0.4, -0.2) is 25.2 Å². The van der Waals surface area contributed by atoms with Gasteiger partial charge in [0.25, 0.3) is 0 Å². The Balaban J connectivity index is 5.60. The molecule has 84 valence electrons. The first-order valence-corrected chi connectivity index (χ1v) is 6.07. The molecule has 0 heterocycles. The fourth-order valence-corrected chi connectivity index (χ4v) is 1.19. The number of rotatable bonds is 1. The van der Waals surface area contributed by atoms with Crippen LogP contribution in [0.25, 0.3) is 0 Å². The molecule has 0 aliphatic rings. The third kappa shape index (κ3) is 2.03. The van der Waals surface area contributed by atoms with Crippen LogP contribution in [-0.2, 0) is 0 Å². The van der Waals surface area contributed by atoms with Crippen molar-refractivity contribution in [2.75, 3.05) is 13.3 Å². The van der Waals surface area contributed by atoms with E-state index in [1.54, 1.807) is 0 Å². The van der Waals surface area contributed by atoms with Gasteiger partial charge in [-0.2, -0.15) is 0 Å². The summed E-state index contributed by atoms with van der Waals surface area (Å²) in [6.45, 7) is -11.1. The summed E-state index contributed by atoms with van der Waals surface area (Å²) in [5.74, 6) is 0. The van der Waals surface area contributed by atoms with Gasteiger partial charge in [-0.1, -0.05) is 0 Å². The molecule has 0 N–H and O–H groups in total. The summed E-state index contributed by atoms with van der Waals surface area (Å²) < 4.78 is 95.3. The van der Waals surface area contributed by atoms with Crippen molar-refractivity contribution in [2.45, 2.75) is 11.8 Å². The minimum absolute atomic E-state index is 0.974. The average Bonchev–Trinajstić information content (AvgIpc) is 1.52. The van der Waals surface area contributed by atoms with Crippen molar-refractivity contribution in [3.63, 3.8) is 0 Å². The summed E-state index contributed by atoms with van der Waals surface area (Å²) in [6, 6.07) is 0. The van der Waals surface area contributed by atoms with Crippen molar-refractivity contribution < 1.29 is 34.5 Å². The van der Waals surface area contributed by atoms with Gasteiger partial charge in [0.1, 0.15) is 0 Å². The minimum atomic E-state index is -9.11. The zero-order valence-corrected chi connectivity index (χ0v) is 7.37. The molecule has 0 spiro atoms. The number of alkyl halides is 5. The summed E-state index contributed by atoms with van der Waals surface area (Å²) in [6.07, 6.45) is -6.59. The molecule has 0 atom stereocenters. The van der Waals surface area contributed by atoms with Crippen LogP contribution in [0.1, 0.15) is 0 Å². The van der Waals surface area contributed by atoms with Gasteiger partial charge in [-0.3, -0.25) is 0 Å². The van der Waals surface area contributed by atoms with E-state index < -0.39 is 32.0 Å². The fraction of sp³-hybridized carbons (Fsp3) is 1.00. The molecule has 0 aliphatic carbocycles. The molecule has 0 aromatic carbocycles. The molecular weight excluding hydrogens is 231 g/mol. The van der Waals surface area contributed by atoms with Gasteiger partial charge in [-0.15, -0.1) is 0 Å². The number of halogens is 8. The van der Waals surface area contributed by atoms with E-state index in [4.69, 9.17) is 0 Å². The molecule has 0 amide bonds. The van der Waals surface area contributed by atoms with Crippen LogP contribution < -0.4 is 0 Å². The molecule has 9 heteroatoms. The Morgan fingerprint density at radius 1 is 0.769 bits per heavy atom. The topological polar surface area (TPSA) is 0 Å². The molecule has 0 unspecified atom stereocenters. The van der Waals surface area contributed by atoms with Crippen LogP contribution in [0.5, 0.6) is 0 Å². The zero-order chi connectivity index (χ0) is 11.4. The van der Waals surface area contributed by atoms with Crippen LogP contribution in [0, 0.1) is 0 Å². The number of hydrogen-bond acceptors (Lipinski definition) is 0. The van der Waals surface area contributed by atoms with E-state index in [2.05, 4.69) is 0 Å². The first kappa shape index (κ1) is 12.9. The Labute approximate surface area is 67.8 Å². The molecule has 0 nitrogen and oxygen atoms in total. The standard InChI is InChI=1S/C4H6F8P/c1-13(2,10,11,12)4(8,9)3(5,6)7/h1-2H3/q-1. The molecule has 13 heavy (non-hydrogen) atoms. The van der Waals surface area contributed by atoms with Gasteiger partial charge in [0.15, 0.2) is 0 Å². The predicted molar refractivity (Wildman–Crippen MR) is 33.1 cm³/mol. The van der Waals surface area contributed by atoms with Crippen molar-refractivity contribution in [2.24, 2.45) is 0 Å². The van der Waals surface area contributed by atoms with Crippen LogP contribution >= 0.6 is 6.88 Å². The Morgan fingerprint density at radius 2 is 1.00 bits per heavy atom. The van der Waals surface area contributed by atoms with Gasteiger partial charge >= 0.3 is 66.6 Å². The quantitative estimate of drug-likeness (QED) is 0.474. The predicted octanol–water partition coefficient (Wildman–Crippen LogP) is 4.14. The average molecular weight is 237 g/mol. The molecule has 0 aromatic heterocycles. The SMILES string of the molecule is C[P-](C)(F)(F)(F)C(F)(F)C(F)(F)F. The Bertz CT molecular complexity index is 215. The van der Waals surface area contributed by atoms with E-state index in [0.717, 1.165) is 0 Å². The third-order valence-corrected chi connectivity index (χ3v) is 3.23. The summed E-state index contributed by atoms with van der Waals surface area (Å²) in [4.78, 5) is 0. The summed E-state index contributed by atoms with van der Waals surface area (Å²) in [7, 11) is 0. The second-order valence-corrected chi connectivity index (χ2v) is 8.66. The molecule has 0 saturated heterocycles. The van der Waals surface area contributed by atoms with Gasteiger partial charge < -0.3 is 0 Å². The molecule has 0 bridgehead atoms. The van der Waals surface area contributed by atoms with Gasteiger partial charge in [0.2, 0.25) is 0 Å². The maximum atomic E-state index is 12.4. The molecule has 0 aromatic rings. The van der Waals surface area contributed by atoms with Crippen molar-refractivity contribution in [3.05, 3.63) is 0 Å². The molecule has 0 saturated carbocycles. The molecule has 0 aliphatic heterocycles. The molecule has 0 rings (SSSR count). The van der Waals surface area contributed by atoms with Crippen LogP contribution in [0.4, 0.5) is 34.5 Å². The van der Waals surface area contributed by atoms with Gasteiger partial charge in [-0.05, 0) is 0 Å². The van der Waals surface area contributed by atoms with Gasteiger partial charge in [0.05, 0.1) is 0 Å². The monoisotopic (exact) mass is 237 g/mol. The van der Waals surface area contributed by atoms with Crippen LogP contribution in [0.3, 0.4) is 0 Å². The molecule has 0 radical (unpaired) electrons. The summed E-state index contributed by atoms with van der Waals surface area (Å²) in [5.41, 5.74) is -6.61. The normalized spacial score (nSPS) is 20.8. The van der Waals surface area contributed by atoms with E-state index in [9.17, 15) is 34.5 Å². The fourth-order valence-electron chi connectivity index (χ4n) is 0.397. The second kappa shape index (κ2) is 1.94. The first-order chi connectivity index (χ1) is 5.00. The van der Waals surface area contributed by atoms with Crippen molar-refractivity contribution in [1.29, 1.82) is 0 Å². The van der Waals surface area contributed by atoms with E-state index in [-0.39, 0.29) is 0 Å². The second-order valence-electron chi connectivity index (χ2n) is 3.39. The van der Waals surface area contributed by atoms with E-state index >= 15 is 0 Å². The number of hydrogen-bond donors (Lipinski definition) is 0. The van der Waals surface area contributed by atoms with Gasteiger partial charge in [-0.25, -0.2) is 0 Å². The van der Waals surface area contributed by atoms with E-state index in [1.807, 2.05) is 0 Å². The van der Waals surface area contributed by atoms with Crippen LogP contribution in [0.2, 0.25) is 0 Å². The summed E-state index contributed by atoms with van der Waals surface area (Å²) in [5, 5.41) is 0. The Kier molecular flexibility index (Phi) is 1.92. The van der Waals surface area contributed by atoms with Gasteiger partial charge in [0, 0.05) is 0 Å². The first-order valence-electron chi connectivity index (χ1n) is 2.82. The van der Waals surface area contributed by atoms with E-state index in [0.29, 0.717) is 0 Å². The van der Waals surface area contributed by atoms with Crippen LogP contribution in [0.15, 0.2) is 0 Å². The third-order valence-electron chi connectivity index (χ3n) is 1.22. The van der Waals surface area contributed by atoms with E-state index in [1.165, 1.54) is 0 Å². The Morgan fingerprint density at radius 3 is 1.00 bits per heavy atom.